The first-order chi connectivity index (χ1) is 15.0. The molecule has 0 saturated heterocycles. The molecule has 0 radical (unpaired) electrons. The maximum atomic E-state index is 12.7. The van der Waals surface area contributed by atoms with Crippen molar-refractivity contribution in [2.75, 3.05) is 5.32 Å². The Balaban J connectivity index is 1.49. The van der Waals surface area contributed by atoms with Crippen LogP contribution in [0.2, 0.25) is 0 Å². The van der Waals surface area contributed by atoms with Gasteiger partial charge in [0, 0.05) is 23.8 Å². The van der Waals surface area contributed by atoms with Crippen molar-refractivity contribution in [3.63, 3.8) is 0 Å². The number of amides is 1. The minimum atomic E-state index is -0.522. The summed E-state index contributed by atoms with van der Waals surface area (Å²) in [5, 5.41) is 19.0. The molecule has 8 nitrogen and oxygen atoms in total. The van der Waals surface area contributed by atoms with E-state index in [1.807, 2.05) is 6.92 Å². The van der Waals surface area contributed by atoms with Gasteiger partial charge in [0.1, 0.15) is 5.82 Å². The number of aryl methyl sites for hydroxylation is 3. The number of non-ortho nitro benzene ring substituents is 1. The van der Waals surface area contributed by atoms with Crippen molar-refractivity contribution in [1.29, 1.82) is 0 Å². The zero-order valence-electron chi connectivity index (χ0n) is 16.8. The van der Waals surface area contributed by atoms with Crippen LogP contribution in [0, 0.1) is 17.0 Å². The Hall–Kier alpha value is -3.59. The lowest BCUT2D eigenvalue weighted by molar-refractivity contribution is -0.384. The molecule has 31 heavy (non-hydrogen) atoms. The Labute approximate surface area is 181 Å². The minimum Gasteiger partial charge on any atom is -0.306 e. The van der Waals surface area contributed by atoms with Gasteiger partial charge < -0.3 is 5.32 Å². The zero-order valence-corrected chi connectivity index (χ0v) is 17.6. The van der Waals surface area contributed by atoms with E-state index >= 15 is 0 Å². The summed E-state index contributed by atoms with van der Waals surface area (Å²) < 4.78 is 2.72. The molecule has 2 aromatic heterocycles. The van der Waals surface area contributed by atoms with Gasteiger partial charge in [-0.1, -0.05) is 17.4 Å². The van der Waals surface area contributed by atoms with E-state index in [0.29, 0.717) is 10.9 Å². The summed E-state index contributed by atoms with van der Waals surface area (Å²) in [4.78, 5) is 28.0. The second-order valence-corrected chi connectivity index (χ2v) is 8.65. The fourth-order valence-electron chi connectivity index (χ4n) is 3.92. The van der Waals surface area contributed by atoms with Crippen LogP contribution < -0.4 is 5.32 Å². The maximum Gasteiger partial charge on any atom is 0.270 e. The van der Waals surface area contributed by atoms with Gasteiger partial charge in [-0.25, -0.2) is 4.98 Å². The van der Waals surface area contributed by atoms with Crippen LogP contribution in [-0.4, -0.2) is 25.6 Å². The lowest BCUT2D eigenvalue weighted by atomic mass is 9.92. The molecule has 4 aromatic rings. The first-order valence-corrected chi connectivity index (χ1v) is 10.8. The molecule has 0 bridgehead atoms. The summed E-state index contributed by atoms with van der Waals surface area (Å²) in [6.07, 6.45) is 4.62. The van der Waals surface area contributed by atoms with Crippen molar-refractivity contribution in [2.24, 2.45) is 0 Å². The van der Waals surface area contributed by atoms with Crippen LogP contribution in [0.4, 0.5) is 11.5 Å². The van der Waals surface area contributed by atoms with E-state index in [-0.39, 0.29) is 11.3 Å². The van der Waals surface area contributed by atoms with Crippen molar-refractivity contribution in [1.82, 2.24) is 14.8 Å². The Morgan fingerprint density at radius 3 is 2.71 bits per heavy atom. The highest BCUT2D eigenvalue weighted by Gasteiger charge is 2.18. The molecule has 1 amide bonds. The van der Waals surface area contributed by atoms with Gasteiger partial charge in [0.25, 0.3) is 11.6 Å². The molecule has 0 aliphatic heterocycles. The molecule has 0 unspecified atom stereocenters. The number of hydrogen-bond donors (Lipinski definition) is 1. The number of hydrogen-bond acceptors (Lipinski definition) is 6. The van der Waals surface area contributed by atoms with Crippen LogP contribution in [0.5, 0.6) is 0 Å². The number of nitro groups is 1. The molecule has 0 atom stereocenters. The van der Waals surface area contributed by atoms with Crippen LogP contribution >= 0.6 is 11.3 Å². The van der Waals surface area contributed by atoms with Gasteiger partial charge >= 0.3 is 0 Å². The number of thiazole rings is 1. The van der Waals surface area contributed by atoms with Crippen LogP contribution in [0.25, 0.3) is 15.3 Å². The fraction of sp³-hybridized carbons (Fsp3) is 0.227. The largest absolute Gasteiger partial charge is 0.306 e. The van der Waals surface area contributed by atoms with Gasteiger partial charge in [-0.2, -0.15) is 9.78 Å². The lowest BCUT2D eigenvalue weighted by Gasteiger charge is -2.14. The standard InChI is InChI=1S/C22H19N5O3S/c1-13-9-20(24-21(28)16-7-4-8-17(10-16)27(29)30)26(25-13)22-23-18-11-14-5-2-3-6-15(14)12-19(18)31-22/h4,7-12H,2-3,5-6H2,1H3,(H,24,28). The average molecular weight is 433 g/mol. The Morgan fingerprint density at radius 2 is 1.94 bits per heavy atom. The van der Waals surface area contributed by atoms with Crippen molar-refractivity contribution in [2.45, 2.75) is 32.6 Å². The van der Waals surface area contributed by atoms with Crippen LogP contribution in [0.15, 0.2) is 42.5 Å². The van der Waals surface area contributed by atoms with E-state index in [1.165, 1.54) is 59.6 Å². The summed E-state index contributed by atoms with van der Waals surface area (Å²) >= 11 is 1.53. The zero-order chi connectivity index (χ0) is 21.5. The second kappa shape index (κ2) is 7.59. The topological polar surface area (TPSA) is 103 Å². The number of rotatable bonds is 4. The fourth-order valence-corrected chi connectivity index (χ4v) is 4.89. The SMILES string of the molecule is Cc1cc(NC(=O)c2cccc([N+](=O)[O-])c2)n(-c2nc3cc4c(cc3s2)CCCC4)n1. The third kappa shape index (κ3) is 3.68. The predicted octanol–water partition coefficient (Wildman–Crippen LogP) is 4.83. The van der Waals surface area contributed by atoms with Gasteiger partial charge in [-0.05, 0) is 61.9 Å². The summed E-state index contributed by atoms with van der Waals surface area (Å²) in [6, 6.07) is 11.8. The highest BCUT2D eigenvalue weighted by molar-refractivity contribution is 7.20. The van der Waals surface area contributed by atoms with E-state index in [2.05, 4.69) is 22.5 Å². The molecule has 1 aliphatic carbocycles. The molecule has 5 rings (SSSR count). The second-order valence-electron chi connectivity index (χ2n) is 7.64. The summed E-state index contributed by atoms with van der Waals surface area (Å²) in [5.74, 6) is 0.0271. The maximum absolute atomic E-state index is 12.7. The first-order valence-electron chi connectivity index (χ1n) is 10.0. The summed E-state index contributed by atoms with van der Waals surface area (Å²) in [5.41, 5.74) is 4.50. The average Bonchev–Trinajstić information content (AvgIpc) is 3.34. The molecule has 1 N–H and O–H groups in total. The van der Waals surface area contributed by atoms with E-state index in [0.717, 1.165) is 28.8 Å². The molecule has 9 heteroatoms. The number of carbonyl (C=O) groups is 1. The molecular weight excluding hydrogens is 414 g/mol. The van der Waals surface area contributed by atoms with Crippen LogP contribution in [0.3, 0.4) is 0 Å². The third-order valence-electron chi connectivity index (χ3n) is 5.41. The normalized spacial score (nSPS) is 13.2. The molecule has 2 heterocycles. The third-order valence-corrected chi connectivity index (χ3v) is 6.41. The van der Waals surface area contributed by atoms with E-state index in [9.17, 15) is 14.9 Å². The molecule has 156 valence electrons. The van der Waals surface area contributed by atoms with Crippen molar-refractivity contribution in [3.05, 3.63) is 75.0 Å². The Kier molecular flexibility index (Phi) is 4.74. The number of nitro benzene ring substituents is 1. The molecule has 1 aliphatic rings. The highest BCUT2D eigenvalue weighted by atomic mass is 32.1. The quantitative estimate of drug-likeness (QED) is 0.367. The highest BCUT2D eigenvalue weighted by Crippen LogP contribution is 2.32. The number of benzene rings is 2. The minimum absolute atomic E-state index is 0.132. The van der Waals surface area contributed by atoms with Crippen molar-refractivity contribution < 1.29 is 9.72 Å². The lowest BCUT2D eigenvalue weighted by Crippen LogP contribution is -2.15. The number of nitrogens with zero attached hydrogens (tertiary/aromatic N) is 4. The van der Waals surface area contributed by atoms with E-state index < -0.39 is 10.8 Å². The number of aromatic nitrogens is 3. The van der Waals surface area contributed by atoms with Gasteiger partial charge in [0.05, 0.1) is 20.8 Å². The molecule has 0 fully saturated rings. The summed E-state index contributed by atoms with van der Waals surface area (Å²) in [6.45, 7) is 1.84. The van der Waals surface area contributed by atoms with Crippen LogP contribution in [0.1, 0.15) is 40.0 Å². The first kappa shape index (κ1) is 19.4. The van der Waals surface area contributed by atoms with Gasteiger partial charge in [0.15, 0.2) is 0 Å². The molecule has 2 aromatic carbocycles. The van der Waals surface area contributed by atoms with Gasteiger partial charge in [-0.15, -0.1) is 0 Å². The van der Waals surface area contributed by atoms with E-state index in [1.54, 1.807) is 10.7 Å². The number of nitrogens with one attached hydrogen (secondary N) is 1. The number of fused-ring (bicyclic) bond motifs is 2. The van der Waals surface area contributed by atoms with Gasteiger partial charge in [-0.3, -0.25) is 14.9 Å². The van der Waals surface area contributed by atoms with Crippen molar-refractivity contribution >= 4 is 39.0 Å². The smallest absolute Gasteiger partial charge is 0.270 e. The summed E-state index contributed by atoms with van der Waals surface area (Å²) in [7, 11) is 0. The van der Waals surface area contributed by atoms with E-state index in [4.69, 9.17) is 4.98 Å². The monoisotopic (exact) mass is 433 g/mol. The molecular formula is C22H19N5O3S. The Morgan fingerprint density at radius 1 is 1.16 bits per heavy atom. The Bertz CT molecular complexity index is 1300. The van der Waals surface area contributed by atoms with Crippen LogP contribution in [-0.2, 0) is 12.8 Å². The van der Waals surface area contributed by atoms with Crippen molar-refractivity contribution in [3.8, 4) is 5.13 Å². The number of carbonyl (C=O) groups excluding carboxylic acids is 1. The molecule has 0 spiro atoms. The predicted molar refractivity (Wildman–Crippen MR) is 119 cm³/mol. The molecule has 0 saturated carbocycles. The number of anilines is 1. The van der Waals surface area contributed by atoms with Gasteiger partial charge in [0.2, 0.25) is 5.13 Å².